The van der Waals surface area contributed by atoms with Crippen molar-refractivity contribution in [2.45, 2.75) is 32.7 Å². The van der Waals surface area contributed by atoms with Crippen molar-refractivity contribution in [1.82, 2.24) is 14.9 Å². The highest BCUT2D eigenvalue weighted by atomic mass is 16.5. The van der Waals surface area contributed by atoms with Crippen LogP contribution in [0.5, 0.6) is 0 Å². The molecule has 0 saturated carbocycles. The van der Waals surface area contributed by atoms with E-state index in [2.05, 4.69) is 46.4 Å². The van der Waals surface area contributed by atoms with Gasteiger partial charge in [-0.3, -0.25) is 4.90 Å². The van der Waals surface area contributed by atoms with E-state index < -0.39 is 0 Å². The molecule has 0 radical (unpaired) electrons. The standard InChI is InChI=1S/C14H26N6O/c1-10(2)12-13(16-9-17-14(12)19-15)18-11(3)8-20-4-6-21-7-5-20/h9-11H,4-8,15H2,1-3H3,(H2,16,17,18,19). The Morgan fingerprint density at radius 2 is 1.90 bits per heavy atom. The van der Waals surface area contributed by atoms with E-state index in [1.807, 2.05) is 0 Å². The highest BCUT2D eigenvalue weighted by Crippen LogP contribution is 2.28. The molecule has 1 aliphatic rings. The molecule has 0 aliphatic carbocycles. The van der Waals surface area contributed by atoms with Crippen LogP contribution in [0.1, 0.15) is 32.3 Å². The van der Waals surface area contributed by atoms with Gasteiger partial charge in [-0.15, -0.1) is 0 Å². The Morgan fingerprint density at radius 3 is 2.52 bits per heavy atom. The summed E-state index contributed by atoms with van der Waals surface area (Å²) in [5.41, 5.74) is 3.68. The number of nitrogens with zero attached hydrogens (tertiary/aromatic N) is 3. The summed E-state index contributed by atoms with van der Waals surface area (Å²) < 4.78 is 5.38. The Bertz CT molecular complexity index is 447. The number of nitrogens with two attached hydrogens (primary N) is 1. The molecule has 1 aliphatic heterocycles. The third-order valence-corrected chi connectivity index (χ3v) is 3.62. The van der Waals surface area contributed by atoms with Crippen molar-refractivity contribution in [3.8, 4) is 0 Å². The number of nitrogen functional groups attached to an aromatic ring is 1. The monoisotopic (exact) mass is 294 g/mol. The lowest BCUT2D eigenvalue weighted by atomic mass is 10.0. The number of hydrazine groups is 1. The number of rotatable bonds is 6. The van der Waals surface area contributed by atoms with E-state index in [-0.39, 0.29) is 5.92 Å². The maximum absolute atomic E-state index is 5.55. The lowest BCUT2D eigenvalue weighted by Crippen LogP contribution is -2.42. The summed E-state index contributed by atoms with van der Waals surface area (Å²) in [6.45, 7) is 11.0. The molecular formula is C14H26N6O. The van der Waals surface area contributed by atoms with E-state index in [4.69, 9.17) is 10.6 Å². The molecule has 1 aromatic heterocycles. The van der Waals surface area contributed by atoms with Crippen LogP contribution in [0.2, 0.25) is 0 Å². The minimum absolute atomic E-state index is 0.287. The van der Waals surface area contributed by atoms with Crippen LogP contribution in [0.15, 0.2) is 6.33 Å². The van der Waals surface area contributed by atoms with Crippen LogP contribution < -0.4 is 16.6 Å². The molecule has 0 amide bonds. The number of anilines is 2. The zero-order chi connectivity index (χ0) is 15.2. The molecule has 1 saturated heterocycles. The molecule has 1 aromatic rings. The van der Waals surface area contributed by atoms with Gasteiger partial charge in [0, 0.05) is 31.2 Å². The summed E-state index contributed by atoms with van der Waals surface area (Å²) in [6, 6.07) is 0.293. The lowest BCUT2D eigenvalue weighted by Gasteiger charge is -2.30. The molecule has 7 nitrogen and oxygen atoms in total. The van der Waals surface area contributed by atoms with Crippen molar-refractivity contribution in [1.29, 1.82) is 0 Å². The van der Waals surface area contributed by atoms with E-state index in [1.165, 1.54) is 6.33 Å². The average Bonchev–Trinajstić information content (AvgIpc) is 2.47. The fourth-order valence-electron chi connectivity index (χ4n) is 2.62. The molecule has 0 spiro atoms. The summed E-state index contributed by atoms with van der Waals surface area (Å²) in [5, 5.41) is 3.48. The fraction of sp³-hybridized carbons (Fsp3) is 0.714. The first-order valence-electron chi connectivity index (χ1n) is 7.50. The zero-order valence-corrected chi connectivity index (χ0v) is 13.1. The predicted octanol–water partition coefficient (Wildman–Crippen LogP) is 1.02. The Kier molecular flexibility index (Phi) is 5.72. The Hall–Kier alpha value is -1.44. The fourth-order valence-corrected chi connectivity index (χ4v) is 2.62. The SMILES string of the molecule is CC(CN1CCOCC1)Nc1ncnc(NN)c1C(C)C. The molecule has 21 heavy (non-hydrogen) atoms. The second-order valence-corrected chi connectivity index (χ2v) is 5.74. The molecule has 0 aromatic carbocycles. The van der Waals surface area contributed by atoms with Crippen LogP contribution >= 0.6 is 0 Å². The van der Waals surface area contributed by atoms with Crippen molar-refractivity contribution >= 4 is 11.6 Å². The molecule has 2 rings (SSSR count). The van der Waals surface area contributed by atoms with Gasteiger partial charge in [-0.2, -0.15) is 0 Å². The molecule has 1 fully saturated rings. The number of aromatic nitrogens is 2. The topological polar surface area (TPSA) is 88.3 Å². The third-order valence-electron chi connectivity index (χ3n) is 3.62. The number of hydrogen-bond acceptors (Lipinski definition) is 7. The van der Waals surface area contributed by atoms with Gasteiger partial charge in [0.1, 0.15) is 18.0 Å². The second-order valence-electron chi connectivity index (χ2n) is 5.74. The van der Waals surface area contributed by atoms with Crippen molar-refractivity contribution < 1.29 is 4.74 Å². The molecule has 2 heterocycles. The van der Waals surface area contributed by atoms with Gasteiger partial charge in [0.05, 0.1) is 13.2 Å². The van der Waals surface area contributed by atoms with Gasteiger partial charge in [-0.05, 0) is 12.8 Å². The first-order valence-corrected chi connectivity index (χ1v) is 7.50. The van der Waals surface area contributed by atoms with E-state index in [9.17, 15) is 0 Å². The van der Waals surface area contributed by atoms with Gasteiger partial charge in [0.2, 0.25) is 0 Å². The normalized spacial score (nSPS) is 17.8. The average molecular weight is 294 g/mol. The maximum atomic E-state index is 5.55. The molecule has 118 valence electrons. The maximum Gasteiger partial charge on any atom is 0.148 e. The van der Waals surface area contributed by atoms with Gasteiger partial charge >= 0.3 is 0 Å². The number of morpholine rings is 1. The molecule has 4 N–H and O–H groups in total. The van der Waals surface area contributed by atoms with E-state index >= 15 is 0 Å². The van der Waals surface area contributed by atoms with Gasteiger partial charge in [-0.1, -0.05) is 13.8 Å². The summed E-state index contributed by atoms with van der Waals surface area (Å²) in [4.78, 5) is 11.0. The number of hydrogen-bond donors (Lipinski definition) is 3. The van der Waals surface area contributed by atoms with Crippen LogP contribution in [-0.2, 0) is 4.74 Å². The highest BCUT2D eigenvalue weighted by Gasteiger charge is 2.18. The highest BCUT2D eigenvalue weighted by molar-refractivity contribution is 5.58. The van der Waals surface area contributed by atoms with Crippen LogP contribution in [0.3, 0.4) is 0 Å². The largest absolute Gasteiger partial charge is 0.379 e. The molecule has 7 heteroatoms. The molecular weight excluding hydrogens is 268 g/mol. The van der Waals surface area contributed by atoms with E-state index in [0.29, 0.717) is 11.9 Å². The minimum Gasteiger partial charge on any atom is -0.379 e. The van der Waals surface area contributed by atoms with Crippen molar-refractivity contribution in [3.05, 3.63) is 11.9 Å². The summed E-state index contributed by atoms with van der Waals surface area (Å²) >= 11 is 0. The van der Waals surface area contributed by atoms with Crippen LogP contribution in [0.25, 0.3) is 0 Å². The third kappa shape index (κ3) is 4.26. The van der Waals surface area contributed by atoms with E-state index in [1.54, 1.807) is 0 Å². The van der Waals surface area contributed by atoms with Gasteiger partial charge in [0.25, 0.3) is 0 Å². The minimum atomic E-state index is 0.287. The summed E-state index contributed by atoms with van der Waals surface area (Å²) in [7, 11) is 0. The van der Waals surface area contributed by atoms with Crippen LogP contribution in [-0.4, -0.2) is 53.8 Å². The van der Waals surface area contributed by atoms with Gasteiger partial charge < -0.3 is 15.5 Å². The van der Waals surface area contributed by atoms with Crippen LogP contribution in [0, 0.1) is 0 Å². The van der Waals surface area contributed by atoms with Crippen molar-refractivity contribution in [2.24, 2.45) is 5.84 Å². The molecule has 1 unspecified atom stereocenters. The first-order chi connectivity index (χ1) is 10.1. The Morgan fingerprint density at radius 1 is 1.24 bits per heavy atom. The molecule has 1 atom stereocenters. The van der Waals surface area contributed by atoms with Crippen molar-refractivity contribution in [2.75, 3.05) is 43.6 Å². The van der Waals surface area contributed by atoms with E-state index in [0.717, 1.165) is 44.2 Å². The van der Waals surface area contributed by atoms with Gasteiger partial charge in [0.15, 0.2) is 0 Å². The Labute approximate surface area is 126 Å². The zero-order valence-electron chi connectivity index (χ0n) is 13.1. The number of ether oxygens (including phenoxy) is 1. The lowest BCUT2D eigenvalue weighted by molar-refractivity contribution is 0.0368. The van der Waals surface area contributed by atoms with Crippen LogP contribution in [0.4, 0.5) is 11.6 Å². The van der Waals surface area contributed by atoms with Crippen molar-refractivity contribution in [3.63, 3.8) is 0 Å². The summed E-state index contributed by atoms with van der Waals surface area (Å²) in [5.74, 6) is 7.37. The second kappa shape index (κ2) is 7.53. The predicted molar refractivity (Wildman–Crippen MR) is 84.3 cm³/mol. The first kappa shape index (κ1) is 15.9. The Balaban J connectivity index is 2.04. The smallest absolute Gasteiger partial charge is 0.148 e. The van der Waals surface area contributed by atoms with Gasteiger partial charge in [-0.25, -0.2) is 15.8 Å². The quantitative estimate of drug-likeness (QED) is 0.533. The number of nitrogens with one attached hydrogen (secondary N) is 2. The summed E-state index contributed by atoms with van der Waals surface area (Å²) in [6.07, 6.45) is 1.53. The molecule has 0 bridgehead atoms.